The van der Waals surface area contributed by atoms with Crippen LogP contribution in [0.5, 0.6) is 11.5 Å². The van der Waals surface area contributed by atoms with E-state index in [1.807, 2.05) is 0 Å². The van der Waals surface area contributed by atoms with Gasteiger partial charge in [-0.1, -0.05) is 11.6 Å². The van der Waals surface area contributed by atoms with Crippen LogP contribution < -0.4 is 20.1 Å². The van der Waals surface area contributed by atoms with Gasteiger partial charge in [-0.2, -0.15) is 13.2 Å². The van der Waals surface area contributed by atoms with E-state index in [0.29, 0.717) is 17.2 Å². The van der Waals surface area contributed by atoms with Crippen molar-refractivity contribution in [2.75, 3.05) is 24.0 Å². The fourth-order valence-electron chi connectivity index (χ4n) is 2.24. The Kier molecular flexibility index (Phi) is 4.63. The van der Waals surface area contributed by atoms with Gasteiger partial charge in [-0.3, -0.25) is 4.79 Å². The molecule has 1 amide bonds. The van der Waals surface area contributed by atoms with Crippen LogP contribution in [0.2, 0.25) is 5.02 Å². The predicted molar refractivity (Wildman–Crippen MR) is 86.1 cm³/mol. The number of carbonyl (C=O) groups is 1. The summed E-state index contributed by atoms with van der Waals surface area (Å²) in [5.41, 5.74) is -0.780. The van der Waals surface area contributed by atoms with Crippen molar-refractivity contribution in [3.63, 3.8) is 0 Å². The zero-order valence-electron chi connectivity index (χ0n) is 12.6. The molecule has 0 radical (unpaired) electrons. The van der Waals surface area contributed by atoms with Crippen molar-refractivity contribution in [1.82, 2.24) is 0 Å². The molecule has 3 rings (SSSR count). The Morgan fingerprint density at radius 1 is 1.12 bits per heavy atom. The minimum atomic E-state index is -4.63. The molecule has 132 valence electrons. The summed E-state index contributed by atoms with van der Waals surface area (Å²) in [4.78, 5) is 12.0. The standard InChI is InChI=1S/C16H12ClF3N2O3/c17-9-1-3-12(11(5-9)16(18,19)20)22-15(23)7-21-10-2-4-13-14(6-10)25-8-24-13/h1-6,21H,7-8H2,(H,22,23). The van der Waals surface area contributed by atoms with Gasteiger partial charge in [-0.25, -0.2) is 0 Å². The van der Waals surface area contributed by atoms with Crippen LogP contribution in [-0.2, 0) is 11.0 Å². The maximum absolute atomic E-state index is 13.0. The quantitative estimate of drug-likeness (QED) is 0.847. The molecule has 1 aliphatic heterocycles. The van der Waals surface area contributed by atoms with Gasteiger partial charge in [0.15, 0.2) is 11.5 Å². The molecule has 0 saturated carbocycles. The van der Waals surface area contributed by atoms with Crippen LogP contribution in [0.1, 0.15) is 5.56 Å². The van der Waals surface area contributed by atoms with E-state index in [-0.39, 0.29) is 24.0 Å². The van der Waals surface area contributed by atoms with Gasteiger partial charge in [-0.05, 0) is 30.3 Å². The highest BCUT2D eigenvalue weighted by Crippen LogP contribution is 2.36. The van der Waals surface area contributed by atoms with Gasteiger partial charge in [0, 0.05) is 16.8 Å². The second-order valence-corrected chi connectivity index (χ2v) is 5.59. The number of carbonyl (C=O) groups excluding carboxylic acids is 1. The van der Waals surface area contributed by atoms with E-state index in [2.05, 4.69) is 10.6 Å². The van der Waals surface area contributed by atoms with Crippen molar-refractivity contribution < 1.29 is 27.4 Å². The molecule has 0 saturated heterocycles. The highest BCUT2D eigenvalue weighted by molar-refractivity contribution is 6.30. The number of rotatable bonds is 4. The summed E-state index contributed by atoms with van der Waals surface area (Å²) >= 11 is 5.60. The van der Waals surface area contributed by atoms with Crippen LogP contribution in [0.25, 0.3) is 0 Å². The first kappa shape index (κ1) is 17.2. The van der Waals surface area contributed by atoms with Crippen molar-refractivity contribution >= 4 is 28.9 Å². The van der Waals surface area contributed by atoms with Crippen molar-refractivity contribution in [3.8, 4) is 11.5 Å². The maximum Gasteiger partial charge on any atom is 0.418 e. The lowest BCUT2D eigenvalue weighted by Crippen LogP contribution is -2.23. The molecule has 1 heterocycles. The summed E-state index contributed by atoms with van der Waals surface area (Å²) in [7, 11) is 0. The summed E-state index contributed by atoms with van der Waals surface area (Å²) in [6.45, 7) is -0.102. The Morgan fingerprint density at radius 2 is 1.88 bits per heavy atom. The van der Waals surface area contributed by atoms with E-state index in [1.165, 1.54) is 6.07 Å². The molecule has 0 aromatic heterocycles. The summed E-state index contributed by atoms with van der Waals surface area (Å²) in [6, 6.07) is 8.14. The van der Waals surface area contributed by atoms with E-state index >= 15 is 0 Å². The van der Waals surface area contributed by atoms with Gasteiger partial charge >= 0.3 is 6.18 Å². The minimum absolute atomic E-state index is 0.0659. The zero-order chi connectivity index (χ0) is 18.0. The van der Waals surface area contributed by atoms with E-state index in [9.17, 15) is 18.0 Å². The van der Waals surface area contributed by atoms with E-state index in [4.69, 9.17) is 21.1 Å². The van der Waals surface area contributed by atoms with Crippen LogP contribution in [0.15, 0.2) is 36.4 Å². The molecule has 0 spiro atoms. The Hall–Kier alpha value is -2.61. The van der Waals surface area contributed by atoms with Gasteiger partial charge < -0.3 is 20.1 Å². The molecule has 0 atom stereocenters. The first-order valence-corrected chi connectivity index (χ1v) is 7.51. The SMILES string of the molecule is O=C(CNc1ccc2c(c1)OCO2)Nc1ccc(Cl)cc1C(F)(F)F. The number of benzene rings is 2. The molecule has 25 heavy (non-hydrogen) atoms. The van der Waals surface area contributed by atoms with Gasteiger partial charge in [0.05, 0.1) is 17.8 Å². The number of anilines is 2. The smallest absolute Gasteiger partial charge is 0.418 e. The molecule has 0 bridgehead atoms. The number of alkyl halides is 3. The van der Waals surface area contributed by atoms with Crippen LogP contribution in [0.4, 0.5) is 24.5 Å². The topological polar surface area (TPSA) is 59.6 Å². The summed E-state index contributed by atoms with van der Waals surface area (Å²) in [5.74, 6) is 0.485. The predicted octanol–water partition coefficient (Wildman–Crippen LogP) is 4.14. The van der Waals surface area contributed by atoms with Crippen molar-refractivity contribution in [1.29, 1.82) is 0 Å². The van der Waals surface area contributed by atoms with Crippen molar-refractivity contribution in [2.45, 2.75) is 6.18 Å². The highest BCUT2D eigenvalue weighted by Gasteiger charge is 2.34. The number of nitrogens with one attached hydrogen (secondary N) is 2. The largest absolute Gasteiger partial charge is 0.454 e. The number of hydrogen-bond donors (Lipinski definition) is 2. The third-order valence-electron chi connectivity index (χ3n) is 3.39. The number of halogens is 4. The van der Waals surface area contributed by atoms with Gasteiger partial charge in [0.1, 0.15) is 0 Å². The van der Waals surface area contributed by atoms with Crippen LogP contribution in [0, 0.1) is 0 Å². The number of ether oxygens (including phenoxy) is 2. The van der Waals surface area contributed by atoms with Crippen molar-refractivity contribution in [3.05, 3.63) is 47.0 Å². The Balaban J connectivity index is 1.65. The number of hydrogen-bond acceptors (Lipinski definition) is 4. The average Bonchev–Trinajstić information content (AvgIpc) is 3.01. The van der Waals surface area contributed by atoms with Gasteiger partial charge in [-0.15, -0.1) is 0 Å². The van der Waals surface area contributed by atoms with Crippen LogP contribution in [0.3, 0.4) is 0 Å². The van der Waals surface area contributed by atoms with Crippen LogP contribution >= 0.6 is 11.6 Å². The zero-order valence-corrected chi connectivity index (χ0v) is 13.4. The lowest BCUT2D eigenvalue weighted by Gasteiger charge is -2.14. The first-order chi connectivity index (χ1) is 11.8. The van der Waals surface area contributed by atoms with Crippen LogP contribution in [-0.4, -0.2) is 19.2 Å². The molecule has 0 unspecified atom stereocenters. The molecule has 2 N–H and O–H groups in total. The summed E-state index contributed by atoms with van der Waals surface area (Å²) in [5, 5.41) is 4.97. The molecular weight excluding hydrogens is 361 g/mol. The van der Waals surface area contributed by atoms with E-state index in [0.717, 1.165) is 12.1 Å². The fourth-order valence-corrected chi connectivity index (χ4v) is 2.42. The van der Waals surface area contributed by atoms with E-state index < -0.39 is 17.6 Å². The second-order valence-electron chi connectivity index (χ2n) is 5.16. The molecule has 0 aliphatic carbocycles. The first-order valence-electron chi connectivity index (χ1n) is 7.13. The minimum Gasteiger partial charge on any atom is -0.454 e. The Bertz CT molecular complexity index is 812. The van der Waals surface area contributed by atoms with Gasteiger partial charge in [0.25, 0.3) is 0 Å². The van der Waals surface area contributed by atoms with Crippen molar-refractivity contribution in [2.24, 2.45) is 0 Å². The third-order valence-corrected chi connectivity index (χ3v) is 3.62. The maximum atomic E-state index is 13.0. The lowest BCUT2D eigenvalue weighted by molar-refractivity contribution is -0.137. The molecule has 1 aliphatic rings. The van der Waals surface area contributed by atoms with E-state index in [1.54, 1.807) is 18.2 Å². The fraction of sp³-hybridized carbons (Fsp3) is 0.188. The lowest BCUT2D eigenvalue weighted by atomic mass is 10.1. The summed E-state index contributed by atoms with van der Waals surface area (Å²) in [6.07, 6.45) is -4.63. The number of fused-ring (bicyclic) bond motifs is 1. The van der Waals surface area contributed by atoms with Gasteiger partial charge in [0.2, 0.25) is 12.7 Å². The average molecular weight is 373 g/mol. The molecule has 9 heteroatoms. The third kappa shape index (κ3) is 4.08. The molecule has 5 nitrogen and oxygen atoms in total. The normalized spacial score (nSPS) is 12.8. The molecule has 2 aromatic rings. The molecular formula is C16H12ClF3N2O3. The molecule has 2 aromatic carbocycles. The highest BCUT2D eigenvalue weighted by atomic mass is 35.5. The monoisotopic (exact) mass is 372 g/mol. The second kappa shape index (κ2) is 6.72. The number of amides is 1. The Morgan fingerprint density at radius 3 is 2.64 bits per heavy atom. The Labute approximate surface area is 145 Å². The summed E-state index contributed by atoms with van der Waals surface area (Å²) < 4.78 is 49.4. The molecule has 0 fully saturated rings.